The zero-order valence-corrected chi connectivity index (χ0v) is 17.5. The number of rotatable bonds is 7. The van der Waals surface area contributed by atoms with Crippen molar-refractivity contribution in [1.82, 2.24) is 4.98 Å². The number of nitrogens with one attached hydrogen (secondary N) is 1. The summed E-state index contributed by atoms with van der Waals surface area (Å²) in [5, 5.41) is 8.72. The van der Waals surface area contributed by atoms with Gasteiger partial charge >= 0.3 is 0 Å². The number of nitrogens with zero attached hydrogens (tertiary/aromatic N) is 3. The quantitative estimate of drug-likeness (QED) is 0.558. The van der Waals surface area contributed by atoms with Crippen LogP contribution in [0.2, 0.25) is 0 Å². The zero-order valence-electron chi connectivity index (χ0n) is 16.6. The van der Waals surface area contributed by atoms with E-state index >= 15 is 0 Å². The van der Waals surface area contributed by atoms with Crippen LogP contribution in [-0.2, 0) is 15.3 Å². The van der Waals surface area contributed by atoms with Gasteiger partial charge < -0.3 is 11.1 Å². The van der Waals surface area contributed by atoms with Gasteiger partial charge in [-0.3, -0.25) is 19.6 Å². The summed E-state index contributed by atoms with van der Waals surface area (Å²) >= 11 is 1.69. The molecule has 0 radical (unpaired) electrons. The lowest BCUT2D eigenvalue weighted by Crippen LogP contribution is -2.39. The molecule has 3 N–H and O–H groups in total. The summed E-state index contributed by atoms with van der Waals surface area (Å²) in [5.41, 5.74) is 8.32. The molecule has 31 heavy (non-hydrogen) atoms. The molecule has 0 bridgehead atoms. The standard InChI is InChI=1S/C23H21N5O2S/c24-22(29)21-13-20(27-28(21)18-6-2-1-3-7-18)23(30)26-17-8-10-19(11-9-17)31-15-16-5-4-12-25-14-16/h1-12,14,21H,13,15H2,(H2,24,29)(H,26,30). The lowest BCUT2D eigenvalue weighted by atomic mass is 10.1. The van der Waals surface area contributed by atoms with Crippen LogP contribution in [0, 0.1) is 0 Å². The summed E-state index contributed by atoms with van der Waals surface area (Å²) < 4.78 is 0. The number of anilines is 2. The predicted molar refractivity (Wildman–Crippen MR) is 123 cm³/mol. The Bertz CT molecular complexity index is 1090. The van der Waals surface area contributed by atoms with E-state index in [4.69, 9.17) is 5.73 Å². The third kappa shape index (κ3) is 5.10. The second-order valence-corrected chi connectivity index (χ2v) is 8.03. The number of carbonyl (C=O) groups is 2. The average molecular weight is 432 g/mol. The maximum Gasteiger partial charge on any atom is 0.271 e. The van der Waals surface area contributed by atoms with Crippen molar-refractivity contribution < 1.29 is 9.59 Å². The van der Waals surface area contributed by atoms with E-state index in [1.165, 1.54) is 5.01 Å². The molecule has 4 rings (SSSR count). The molecule has 1 aromatic heterocycles. The Morgan fingerprint density at radius 3 is 2.52 bits per heavy atom. The molecule has 1 atom stereocenters. The minimum Gasteiger partial charge on any atom is -0.368 e. The molecule has 1 aliphatic heterocycles. The van der Waals surface area contributed by atoms with E-state index in [1.807, 2.05) is 72.9 Å². The van der Waals surface area contributed by atoms with Gasteiger partial charge in [0.15, 0.2) is 0 Å². The van der Waals surface area contributed by atoms with Crippen molar-refractivity contribution in [2.24, 2.45) is 10.8 Å². The Balaban J connectivity index is 1.40. The van der Waals surface area contributed by atoms with Crippen LogP contribution in [0.5, 0.6) is 0 Å². The minimum absolute atomic E-state index is 0.162. The van der Waals surface area contributed by atoms with Gasteiger partial charge in [0.05, 0.1) is 5.69 Å². The molecule has 156 valence electrons. The maximum absolute atomic E-state index is 12.7. The Hall–Kier alpha value is -3.65. The van der Waals surface area contributed by atoms with Gasteiger partial charge in [0, 0.05) is 35.2 Å². The lowest BCUT2D eigenvalue weighted by molar-refractivity contribution is -0.119. The van der Waals surface area contributed by atoms with Gasteiger partial charge in [-0.05, 0) is 48.0 Å². The zero-order chi connectivity index (χ0) is 21.6. The first-order valence-electron chi connectivity index (χ1n) is 9.74. The normalized spacial score (nSPS) is 15.4. The molecule has 3 aromatic rings. The monoisotopic (exact) mass is 431 g/mol. The molecule has 2 amide bonds. The summed E-state index contributed by atoms with van der Waals surface area (Å²) in [6.45, 7) is 0. The van der Waals surface area contributed by atoms with Gasteiger partial charge in [0.2, 0.25) is 5.91 Å². The largest absolute Gasteiger partial charge is 0.368 e. The van der Waals surface area contributed by atoms with E-state index < -0.39 is 11.9 Å². The number of amides is 2. The first-order valence-corrected chi connectivity index (χ1v) is 10.7. The number of hydrogen-bond donors (Lipinski definition) is 2. The van der Waals surface area contributed by atoms with Gasteiger partial charge in [-0.25, -0.2) is 0 Å². The summed E-state index contributed by atoms with van der Waals surface area (Å²) in [6, 6.07) is 20.1. The smallest absolute Gasteiger partial charge is 0.271 e. The van der Waals surface area contributed by atoms with Gasteiger partial charge in [-0.2, -0.15) is 5.10 Å². The molecular formula is C23H21N5O2S. The number of hydrazone groups is 1. The van der Waals surface area contributed by atoms with Crippen LogP contribution in [0.25, 0.3) is 0 Å². The average Bonchev–Trinajstić information content (AvgIpc) is 3.26. The van der Waals surface area contributed by atoms with Crippen LogP contribution in [0.1, 0.15) is 12.0 Å². The Morgan fingerprint density at radius 1 is 1.06 bits per heavy atom. The van der Waals surface area contributed by atoms with Crippen LogP contribution in [-0.4, -0.2) is 28.6 Å². The topological polar surface area (TPSA) is 101 Å². The first-order chi connectivity index (χ1) is 15.1. The number of carbonyl (C=O) groups excluding carboxylic acids is 2. The van der Waals surface area contributed by atoms with Crippen LogP contribution in [0.4, 0.5) is 11.4 Å². The van der Waals surface area contributed by atoms with Gasteiger partial charge in [-0.1, -0.05) is 24.3 Å². The Kier molecular flexibility index (Phi) is 6.28. The number of nitrogens with two attached hydrogens (primary N) is 1. The van der Waals surface area contributed by atoms with Crippen molar-refractivity contribution in [1.29, 1.82) is 0 Å². The van der Waals surface area contributed by atoms with E-state index in [0.29, 0.717) is 11.4 Å². The van der Waals surface area contributed by atoms with E-state index in [9.17, 15) is 9.59 Å². The van der Waals surface area contributed by atoms with E-state index in [-0.39, 0.29) is 18.0 Å². The van der Waals surface area contributed by atoms with Crippen LogP contribution in [0.15, 0.2) is 89.1 Å². The third-order valence-electron chi connectivity index (χ3n) is 4.76. The minimum atomic E-state index is -0.686. The number of benzene rings is 2. The molecule has 2 aromatic carbocycles. The van der Waals surface area contributed by atoms with E-state index in [1.54, 1.807) is 18.0 Å². The molecule has 1 aliphatic rings. The highest BCUT2D eigenvalue weighted by molar-refractivity contribution is 7.98. The molecule has 0 aliphatic carbocycles. The van der Waals surface area contributed by atoms with Crippen LogP contribution >= 0.6 is 11.8 Å². The maximum atomic E-state index is 12.7. The van der Waals surface area contributed by atoms with Gasteiger partial charge in [0.25, 0.3) is 5.91 Å². The summed E-state index contributed by atoms with van der Waals surface area (Å²) in [5.74, 6) is -0.0500. The first kappa shape index (κ1) is 20.6. The van der Waals surface area contributed by atoms with Crippen molar-refractivity contribution in [3.8, 4) is 0 Å². The molecule has 0 saturated carbocycles. The Labute approximate surface area is 184 Å². The number of primary amides is 1. The fourth-order valence-electron chi connectivity index (χ4n) is 3.18. The Morgan fingerprint density at radius 2 is 1.84 bits per heavy atom. The molecule has 1 unspecified atom stereocenters. The highest BCUT2D eigenvalue weighted by Crippen LogP contribution is 2.26. The van der Waals surface area contributed by atoms with Crippen molar-refractivity contribution in [2.45, 2.75) is 23.1 Å². The van der Waals surface area contributed by atoms with Gasteiger partial charge in [0.1, 0.15) is 11.8 Å². The fourth-order valence-corrected chi connectivity index (χ4v) is 4.01. The van der Waals surface area contributed by atoms with Gasteiger partial charge in [-0.15, -0.1) is 11.8 Å². The molecule has 0 saturated heterocycles. The SMILES string of the molecule is NC(=O)C1CC(C(=O)Nc2ccc(SCc3cccnc3)cc2)=NN1c1ccccc1. The second kappa shape index (κ2) is 9.44. The molecule has 0 fully saturated rings. The summed E-state index contributed by atoms with van der Waals surface area (Å²) in [4.78, 5) is 29.8. The third-order valence-corrected chi connectivity index (χ3v) is 5.85. The second-order valence-electron chi connectivity index (χ2n) is 6.98. The van der Waals surface area contributed by atoms with E-state index in [0.717, 1.165) is 16.2 Å². The molecule has 8 heteroatoms. The highest BCUT2D eigenvalue weighted by atomic mass is 32.2. The lowest BCUT2D eigenvalue weighted by Gasteiger charge is -2.20. The number of aromatic nitrogens is 1. The van der Waals surface area contributed by atoms with Crippen molar-refractivity contribution in [2.75, 3.05) is 10.3 Å². The number of pyridine rings is 1. The summed E-state index contributed by atoms with van der Waals surface area (Å²) in [6.07, 6.45) is 3.77. The van der Waals surface area contributed by atoms with Crippen molar-refractivity contribution in [3.63, 3.8) is 0 Å². The van der Waals surface area contributed by atoms with Crippen LogP contribution in [0.3, 0.4) is 0 Å². The number of hydrogen-bond acceptors (Lipinski definition) is 6. The molecule has 2 heterocycles. The highest BCUT2D eigenvalue weighted by Gasteiger charge is 2.34. The van der Waals surface area contributed by atoms with E-state index in [2.05, 4.69) is 15.4 Å². The molecule has 7 nitrogen and oxygen atoms in total. The molecular weight excluding hydrogens is 410 g/mol. The van der Waals surface area contributed by atoms with Crippen molar-refractivity contribution >= 4 is 40.7 Å². The van der Waals surface area contributed by atoms with Crippen LogP contribution < -0.4 is 16.1 Å². The molecule has 0 spiro atoms. The fraction of sp³-hybridized carbons (Fsp3) is 0.130. The van der Waals surface area contributed by atoms with Crippen molar-refractivity contribution in [3.05, 3.63) is 84.7 Å². The predicted octanol–water partition coefficient (Wildman–Crippen LogP) is 3.43. The number of para-hydroxylation sites is 1. The number of thioether (sulfide) groups is 1. The summed E-state index contributed by atoms with van der Waals surface area (Å²) in [7, 11) is 0.